The van der Waals surface area contributed by atoms with Gasteiger partial charge in [0.2, 0.25) is 10.0 Å². The minimum atomic E-state index is -3.89. The van der Waals surface area contributed by atoms with E-state index in [-0.39, 0.29) is 46.3 Å². The molecule has 0 unspecified atom stereocenters. The summed E-state index contributed by atoms with van der Waals surface area (Å²) in [5, 5.41) is 0. The van der Waals surface area contributed by atoms with Gasteiger partial charge in [-0.25, -0.2) is 17.5 Å². The van der Waals surface area contributed by atoms with Crippen LogP contribution in [-0.4, -0.2) is 45.9 Å². The Balaban J connectivity index is 0.00000484. The van der Waals surface area contributed by atoms with Crippen molar-refractivity contribution in [2.45, 2.75) is 32.6 Å². The van der Waals surface area contributed by atoms with Crippen LogP contribution in [0.4, 0.5) is 0 Å². The number of carbonyl (C=O) groups is 1. The summed E-state index contributed by atoms with van der Waals surface area (Å²) < 4.78 is 36.8. The Morgan fingerprint density at radius 3 is 2.26 bits per heavy atom. The zero-order valence-electron chi connectivity index (χ0n) is 14.3. The van der Waals surface area contributed by atoms with E-state index in [1.807, 2.05) is 13.8 Å². The number of esters is 1. The standard InChI is InChI=1S/C14H24N2O5S.ClH/c1-9-11(13(17)20-6)12(10(2)21-9)22(18,19)16(5)8-14(3,4)7-15;/h7-8,15H2,1-6H3;1H. The third-order valence-electron chi connectivity index (χ3n) is 3.47. The van der Waals surface area contributed by atoms with Crippen LogP contribution in [0.15, 0.2) is 9.31 Å². The van der Waals surface area contributed by atoms with Crippen LogP contribution in [-0.2, 0) is 14.8 Å². The van der Waals surface area contributed by atoms with Gasteiger partial charge in [0.05, 0.1) is 7.11 Å². The summed E-state index contributed by atoms with van der Waals surface area (Å²) in [4.78, 5) is 11.7. The van der Waals surface area contributed by atoms with Crippen LogP contribution in [0.5, 0.6) is 0 Å². The van der Waals surface area contributed by atoms with Crippen LogP contribution in [0.3, 0.4) is 0 Å². The van der Waals surface area contributed by atoms with Crippen LogP contribution in [0.25, 0.3) is 0 Å². The van der Waals surface area contributed by atoms with Crippen molar-refractivity contribution in [3.63, 3.8) is 0 Å². The van der Waals surface area contributed by atoms with E-state index in [0.717, 1.165) is 0 Å². The van der Waals surface area contributed by atoms with Crippen LogP contribution in [0, 0.1) is 19.3 Å². The van der Waals surface area contributed by atoms with Gasteiger partial charge < -0.3 is 14.9 Å². The normalized spacial score (nSPS) is 12.2. The molecule has 0 aliphatic heterocycles. The molecule has 0 bridgehead atoms. The number of ether oxygens (including phenoxy) is 1. The average Bonchev–Trinajstić information content (AvgIpc) is 2.72. The molecular formula is C14H25ClN2O5S. The first-order valence-corrected chi connectivity index (χ1v) is 8.26. The van der Waals surface area contributed by atoms with E-state index in [2.05, 4.69) is 4.74 Å². The van der Waals surface area contributed by atoms with Gasteiger partial charge in [-0.15, -0.1) is 12.4 Å². The highest BCUT2D eigenvalue weighted by atomic mass is 35.5. The van der Waals surface area contributed by atoms with Gasteiger partial charge in [-0.2, -0.15) is 0 Å². The monoisotopic (exact) mass is 368 g/mol. The smallest absolute Gasteiger partial charge is 0.342 e. The van der Waals surface area contributed by atoms with Gasteiger partial charge in [0.15, 0.2) is 0 Å². The summed E-state index contributed by atoms with van der Waals surface area (Å²) in [5.74, 6) is -0.357. The number of sulfonamides is 1. The van der Waals surface area contributed by atoms with E-state index >= 15 is 0 Å². The molecule has 0 aliphatic rings. The summed E-state index contributed by atoms with van der Waals surface area (Å²) in [7, 11) is -1.24. The lowest BCUT2D eigenvalue weighted by Crippen LogP contribution is -2.40. The molecule has 1 heterocycles. The Morgan fingerprint density at radius 1 is 1.30 bits per heavy atom. The molecule has 0 fully saturated rings. The van der Waals surface area contributed by atoms with Gasteiger partial charge >= 0.3 is 5.97 Å². The number of halogens is 1. The average molecular weight is 369 g/mol. The molecule has 9 heteroatoms. The molecule has 0 amide bonds. The first kappa shape index (κ1) is 21.9. The van der Waals surface area contributed by atoms with Gasteiger partial charge in [0.25, 0.3) is 0 Å². The highest BCUT2D eigenvalue weighted by molar-refractivity contribution is 7.89. The van der Waals surface area contributed by atoms with Crippen molar-refractivity contribution in [1.82, 2.24) is 4.31 Å². The number of methoxy groups -OCH3 is 1. The Morgan fingerprint density at radius 2 is 1.83 bits per heavy atom. The highest BCUT2D eigenvalue weighted by Gasteiger charge is 2.35. The second-order valence-electron chi connectivity index (χ2n) is 6.04. The van der Waals surface area contributed by atoms with Gasteiger partial charge in [-0.05, 0) is 25.8 Å². The number of hydrogen-bond donors (Lipinski definition) is 1. The Hall–Kier alpha value is -1.09. The largest absolute Gasteiger partial charge is 0.465 e. The second kappa shape index (κ2) is 7.65. The Labute approximate surface area is 143 Å². The summed E-state index contributed by atoms with van der Waals surface area (Å²) >= 11 is 0. The third-order valence-corrected chi connectivity index (χ3v) is 5.42. The summed E-state index contributed by atoms with van der Waals surface area (Å²) in [5.41, 5.74) is 5.21. The molecule has 0 aliphatic carbocycles. The zero-order chi connectivity index (χ0) is 17.3. The molecule has 0 spiro atoms. The molecule has 7 nitrogen and oxygen atoms in total. The molecule has 2 N–H and O–H groups in total. The minimum Gasteiger partial charge on any atom is -0.465 e. The van der Waals surface area contributed by atoms with Crippen molar-refractivity contribution in [1.29, 1.82) is 0 Å². The van der Waals surface area contributed by atoms with Gasteiger partial charge in [0.1, 0.15) is 22.0 Å². The molecule has 23 heavy (non-hydrogen) atoms. The number of furan rings is 1. The van der Waals surface area contributed by atoms with Gasteiger partial charge in [0, 0.05) is 13.6 Å². The maximum Gasteiger partial charge on any atom is 0.342 e. The van der Waals surface area contributed by atoms with E-state index in [4.69, 9.17) is 10.2 Å². The van der Waals surface area contributed by atoms with Crippen molar-refractivity contribution in [2.75, 3.05) is 27.2 Å². The quantitative estimate of drug-likeness (QED) is 0.766. The lowest BCUT2D eigenvalue weighted by molar-refractivity contribution is 0.0594. The number of nitrogens with zero attached hydrogens (tertiary/aromatic N) is 1. The van der Waals surface area contributed by atoms with Crippen molar-refractivity contribution >= 4 is 28.4 Å². The number of rotatable bonds is 6. The molecule has 1 aromatic rings. The van der Waals surface area contributed by atoms with Gasteiger partial charge in [-0.3, -0.25) is 0 Å². The van der Waals surface area contributed by atoms with Crippen molar-refractivity contribution in [3.05, 3.63) is 17.1 Å². The lowest BCUT2D eigenvalue weighted by Gasteiger charge is -2.28. The highest BCUT2D eigenvalue weighted by Crippen LogP contribution is 2.30. The van der Waals surface area contributed by atoms with Crippen molar-refractivity contribution in [2.24, 2.45) is 11.1 Å². The van der Waals surface area contributed by atoms with E-state index in [0.29, 0.717) is 6.54 Å². The fourth-order valence-corrected chi connectivity index (χ4v) is 3.94. The van der Waals surface area contributed by atoms with Crippen LogP contribution >= 0.6 is 12.4 Å². The fraction of sp³-hybridized carbons (Fsp3) is 0.643. The SMILES string of the molecule is COC(=O)c1c(C)oc(C)c1S(=O)(=O)N(C)CC(C)(C)CN.Cl. The number of aryl methyl sites for hydroxylation is 2. The third kappa shape index (κ3) is 4.47. The molecule has 0 atom stereocenters. The minimum absolute atomic E-state index is 0. The van der Waals surface area contributed by atoms with Crippen molar-refractivity contribution in [3.8, 4) is 0 Å². The van der Waals surface area contributed by atoms with Crippen LogP contribution in [0.1, 0.15) is 35.7 Å². The Kier molecular flexibility index (Phi) is 7.29. The predicted molar refractivity (Wildman–Crippen MR) is 89.4 cm³/mol. The molecule has 1 aromatic heterocycles. The maximum absolute atomic E-state index is 12.8. The Bertz CT molecular complexity index is 667. The molecule has 0 aromatic carbocycles. The molecule has 134 valence electrons. The molecule has 1 rings (SSSR count). The van der Waals surface area contributed by atoms with E-state index in [1.54, 1.807) is 0 Å². The van der Waals surface area contributed by atoms with Crippen LogP contribution in [0.2, 0.25) is 0 Å². The summed E-state index contributed by atoms with van der Waals surface area (Å²) in [6.45, 7) is 7.33. The second-order valence-corrected chi connectivity index (χ2v) is 8.02. The first-order valence-electron chi connectivity index (χ1n) is 6.82. The van der Waals surface area contributed by atoms with Crippen molar-refractivity contribution < 1.29 is 22.4 Å². The van der Waals surface area contributed by atoms with Crippen LogP contribution < -0.4 is 5.73 Å². The van der Waals surface area contributed by atoms with Gasteiger partial charge in [-0.1, -0.05) is 13.8 Å². The summed E-state index contributed by atoms with van der Waals surface area (Å²) in [6, 6.07) is 0. The van der Waals surface area contributed by atoms with E-state index in [9.17, 15) is 13.2 Å². The predicted octanol–water partition coefficient (Wildman–Crippen LogP) is 1.71. The number of nitrogens with two attached hydrogens (primary N) is 1. The maximum atomic E-state index is 12.8. The molecule has 0 saturated heterocycles. The topological polar surface area (TPSA) is 103 Å². The molecule has 0 radical (unpaired) electrons. The lowest BCUT2D eigenvalue weighted by atomic mass is 9.94. The summed E-state index contributed by atoms with van der Waals surface area (Å²) in [6.07, 6.45) is 0. The van der Waals surface area contributed by atoms with E-state index < -0.39 is 16.0 Å². The first-order chi connectivity index (χ1) is 9.97. The fourth-order valence-electron chi connectivity index (χ4n) is 2.22. The molecule has 0 saturated carbocycles. The molecular weight excluding hydrogens is 344 g/mol. The number of carbonyl (C=O) groups excluding carboxylic acids is 1. The number of hydrogen-bond acceptors (Lipinski definition) is 6. The zero-order valence-corrected chi connectivity index (χ0v) is 15.9. The van der Waals surface area contributed by atoms with E-state index in [1.165, 1.54) is 32.3 Å².